The summed E-state index contributed by atoms with van der Waals surface area (Å²) in [6.07, 6.45) is 0.678. The largest absolute Gasteiger partial charge is 0.493 e. The number of hydrogen-bond acceptors (Lipinski definition) is 4. The van der Waals surface area contributed by atoms with Gasteiger partial charge in [0.25, 0.3) is 0 Å². The minimum absolute atomic E-state index is 0.303. The molecule has 0 heterocycles. The van der Waals surface area contributed by atoms with E-state index in [2.05, 4.69) is 0 Å². The molecule has 13 heavy (non-hydrogen) atoms. The molecule has 0 fully saturated rings. The zero-order valence-electron chi connectivity index (χ0n) is 7.53. The van der Waals surface area contributed by atoms with Crippen LogP contribution in [0.3, 0.4) is 0 Å². The summed E-state index contributed by atoms with van der Waals surface area (Å²) in [6.45, 7) is 0. The van der Waals surface area contributed by atoms with E-state index in [4.69, 9.17) is 15.2 Å². The number of benzene rings is 1. The Morgan fingerprint density at radius 1 is 1.31 bits per heavy atom. The number of anilines is 1. The Kier molecular flexibility index (Phi) is 2.74. The van der Waals surface area contributed by atoms with E-state index in [-0.39, 0.29) is 0 Å². The molecule has 0 amide bonds. The lowest BCUT2D eigenvalue weighted by Crippen LogP contribution is -1.99. The standard InChI is InChI=1S/C9H11NO3/c1-12-7-4-3-6(5-11)8(10)9(7)13-2/h3-5H,10H2,1-2H3. The van der Waals surface area contributed by atoms with Crippen LogP contribution in [0.4, 0.5) is 5.69 Å². The van der Waals surface area contributed by atoms with Crippen LogP contribution in [0.15, 0.2) is 12.1 Å². The molecule has 0 aromatic heterocycles. The molecular weight excluding hydrogens is 170 g/mol. The highest BCUT2D eigenvalue weighted by Gasteiger charge is 2.10. The minimum Gasteiger partial charge on any atom is -0.493 e. The average molecular weight is 181 g/mol. The Hall–Kier alpha value is -1.71. The monoisotopic (exact) mass is 181 g/mol. The maximum atomic E-state index is 10.5. The first-order valence-electron chi connectivity index (χ1n) is 3.70. The van der Waals surface area contributed by atoms with Gasteiger partial charge in [0.1, 0.15) is 0 Å². The van der Waals surface area contributed by atoms with Crippen molar-refractivity contribution in [3.05, 3.63) is 17.7 Å². The minimum atomic E-state index is 0.303. The van der Waals surface area contributed by atoms with Gasteiger partial charge in [-0.3, -0.25) is 4.79 Å². The Bertz CT molecular complexity index is 323. The van der Waals surface area contributed by atoms with E-state index in [1.165, 1.54) is 14.2 Å². The molecule has 4 nitrogen and oxygen atoms in total. The molecule has 1 rings (SSSR count). The highest BCUT2D eigenvalue weighted by molar-refractivity contribution is 5.87. The molecule has 0 aliphatic rings. The van der Waals surface area contributed by atoms with Crippen molar-refractivity contribution in [2.45, 2.75) is 0 Å². The van der Waals surface area contributed by atoms with Gasteiger partial charge in [0.05, 0.1) is 19.9 Å². The van der Waals surface area contributed by atoms with Gasteiger partial charge in [0.2, 0.25) is 0 Å². The maximum absolute atomic E-state index is 10.5. The lowest BCUT2D eigenvalue weighted by Gasteiger charge is -2.10. The fraction of sp³-hybridized carbons (Fsp3) is 0.222. The predicted octanol–water partition coefficient (Wildman–Crippen LogP) is 1.10. The fourth-order valence-corrected chi connectivity index (χ4v) is 1.07. The highest BCUT2D eigenvalue weighted by Crippen LogP contribution is 2.34. The van der Waals surface area contributed by atoms with Gasteiger partial charge in [-0.15, -0.1) is 0 Å². The summed E-state index contributed by atoms with van der Waals surface area (Å²) in [6, 6.07) is 3.22. The van der Waals surface area contributed by atoms with Crippen molar-refractivity contribution in [3.8, 4) is 11.5 Å². The lowest BCUT2D eigenvalue weighted by atomic mass is 10.1. The normalized spacial score (nSPS) is 9.38. The summed E-state index contributed by atoms with van der Waals surface area (Å²) in [5, 5.41) is 0. The first-order chi connectivity index (χ1) is 6.24. The van der Waals surface area contributed by atoms with E-state index in [1.807, 2.05) is 0 Å². The topological polar surface area (TPSA) is 61.5 Å². The fourth-order valence-electron chi connectivity index (χ4n) is 1.07. The molecule has 0 aliphatic heterocycles. The number of ether oxygens (including phenoxy) is 2. The van der Waals surface area contributed by atoms with Crippen LogP contribution in [0, 0.1) is 0 Å². The summed E-state index contributed by atoms with van der Waals surface area (Å²) in [4.78, 5) is 10.5. The highest BCUT2D eigenvalue weighted by atomic mass is 16.5. The summed E-state index contributed by atoms with van der Waals surface area (Å²) in [7, 11) is 2.99. The third-order valence-corrected chi connectivity index (χ3v) is 1.74. The van der Waals surface area contributed by atoms with Crippen LogP contribution in [-0.2, 0) is 0 Å². The molecule has 0 unspecified atom stereocenters. The van der Waals surface area contributed by atoms with Crippen LogP contribution in [0.1, 0.15) is 10.4 Å². The van der Waals surface area contributed by atoms with Crippen LogP contribution in [0.25, 0.3) is 0 Å². The summed E-state index contributed by atoms with van der Waals surface area (Å²) in [5.41, 5.74) is 6.35. The van der Waals surface area contributed by atoms with Gasteiger partial charge in [-0.1, -0.05) is 0 Å². The molecule has 1 aromatic carbocycles. The summed E-state index contributed by atoms with van der Waals surface area (Å²) >= 11 is 0. The quantitative estimate of drug-likeness (QED) is 0.560. The molecule has 0 spiro atoms. The molecule has 0 atom stereocenters. The van der Waals surface area contributed by atoms with Gasteiger partial charge in [0.15, 0.2) is 17.8 Å². The Morgan fingerprint density at radius 3 is 2.46 bits per heavy atom. The van der Waals surface area contributed by atoms with Crippen molar-refractivity contribution in [1.29, 1.82) is 0 Å². The van der Waals surface area contributed by atoms with E-state index in [1.54, 1.807) is 12.1 Å². The summed E-state index contributed by atoms with van der Waals surface area (Å²) < 4.78 is 10.00. The van der Waals surface area contributed by atoms with Crippen molar-refractivity contribution < 1.29 is 14.3 Å². The SMILES string of the molecule is COc1ccc(C=O)c(N)c1OC. The molecule has 0 aliphatic carbocycles. The molecule has 4 heteroatoms. The van der Waals surface area contributed by atoms with Crippen molar-refractivity contribution in [2.24, 2.45) is 0 Å². The molecule has 0 saturated carbocycles. The Balaban J connectivity index is 3.31. The van der Waals surface area contributed by atoms with E-state index >= 15 is 0 Å². The molecule has 70 valence electrons. The molecular formula is C9H11NO3. The third-order valence-electron chi connectivity index (χ3n) is 1.74. The number of carbonyl (C=O) groups excluding carboxylic acids is 1. The number of nitrogen functional groups attached to an aromatic ring is 1. The van der Waals surface area contributed by atoms with Crippen LogP contribution in [0.2, 0.25) is 0 Å². The number of aldehydes is 1. The molecule has 0 saturated heterocycles. The van der Waals surface area contributed by atoms with E-state index in [0.717, 1.165) is 0 Å². The zero-order chi connectivity index (χ0) is 9.84. The average Bonchev–Trinajstić information content (AvgIpc) is 2.17. The second-order valence-corrected chi connectivity index (χ2v) is 2.42. The number of hydrogen-bond donors (Lipinski definition) is 1. The van der Waals surface area contributed by atoms with Crippen LogP contribution < -0.4 is 15.2 Å². The van der Waals surface area contributed by atoms with Gasteiger partial charge in [-0.2, -0.15) is 0 Å². The molecule has 0 bridgehead atoms. The van der Waals surface area contributed by atoms with Gasteiger partial charge >= 0.3 is 0 Å². The Labute approximate surface area is 76.3 Å². The predicted molar refractivity (Wildman–Crippen MR) is 49.3 cm³/mol. The lowest BCUT2D eigenvalue weighted by molar-refractivity contribution is 0.112. The van der Waals surface area contributed by atoms with Gasteiger partial charge in [0, 0.05) is 5.56 Å². The molecule has 2 N–H and O–H groups in total. The first kappa shape index (κ1) is 9.38. The zero-order valence-corrected chi connectivity index (χ0v) is 7.53. The van der Waals surface area contributed by atoms with Crippen LogP contribution in [-0.4, -0.2) is 20.5 Å². The Morgan fingerprint density at radius 2 is 2.00 bits per heavy atom. The van der Waals surface area contributed by atoms with E-state index in [9.17, 15) is 4.79 Å². The number of nitrogens with two attached hydrogens (primary N) is 1. The second kappa shape index (κ2) is 3.80. The van der Waals surface area contributed by atoms with E-state index in [0.29, 0.717) is 29.0 Å². The van der Waals surface area contributed by atoms with Crippen molar-refractivity contribution >= 4 is 12.0 Å². The number of carbonyl (C=O) groups is 1. The third kappa shape index (κ3) is 1.56. The van der Waals surface area contributed by atoms with Gasteiger partial charge in [-0.25, -0.2) is 0 Å². The number of rotatable bonds is 3. The van der Waals surface area contributed by atoms with Crippen molar-refractivity contribution in [1.82, 2.24) is 0 Å². The molecule has 0 radical (unpaired) electrons. The van der Waals surface area contributed by atoms with Gasteiger partial charge < -0.3 is 15.2 Å². The maximum Gasteiger partial charge on any atom is 0.184 e. The number of methoxy groups -OCH3 is 2. The van der Waals surface area contributed by atoms with Crippen LogP contribution >= 0.6 is 0 Å². The van der Waals surface area contributed by atoms with Crippen molar-refractivity contribution in [3.63, 3.8) is 0 Å². The van der Waals surface area contributed by atoms with Gasteiger partial charge in [-0.05, 0) is 12.1 Å². The molecule has 1 aromatic rings. The summed E-state index contributed by atoms with van der Waals surface area (Å²) in [5.74, 6) is 0.915. The first-order valence-corrected chi connectivity index (χ1v) is 3.70. The second-order valence-electron chi connectivity index (χ2n) is 2.42. The van der Waals surface area contributed by atoms with Crippen molar-refractivity contribution in [2.75, 3.05) is 20.0 Å². The van der Waals surface area contributed by atoms with E-state index < -0.39 is 0 Å². The smallest absolute Gasteiger partial charge is 0.184 e. The van der Waals surface area contributed by atoms with Crippen LogP contribution in [0.5, 0.6) is 11.5 Å².